The minimum Gasteiger partial charge on any atom is -0.383 e. The highest BCUT2D eigenvalue weighted by atomic mass is 19.4. The first-order valence-corrected chi connectivity index (χ1v) is 5.61. The van der Waals surface area contributed by atoms with Crippen molar-refractivity contribution in [2.45, 2.75) is 25.6 Å². The molecule has 1 unspecified atom stereocenters. The summed E-state index contributed by atoms with van der Waals surface area (Å²) in [6, 6.07) is 3.83. The van der Waals surface area contributed by atoms with Crippen LogP contribution in [0.1, 0.15) is 11.5 Å². The summed E-state index contributed by atoms with van der Waals surface area (Å²) in [5, 5.41) is 12.4. The van der Waals surface area contributed by atoms with Crippen LogP contribution in [0.5, 0.6) is 0 Å². The third-order valence-corrected chi connectivity index (χ3v) is 2.64. The maximum absolute atomic E-state index is 12.9. The van der Waals surface area contributed by atoms with Crippen molar-refractivity contribution in [3.05, 3.63) is 35.5 Å². The molecule has 0 aliphatic rings. The van der Waals surface area contributed by atoms with Crippen molar-refractivity contribution in [3.63, 3.8) is 0 Å². The Labute approximate surface area is 111 Å². The van der Waals surface area contributed by atoms with Crippen LogP contribution in [-0.2, 0) is 6.42 Å². The maximum atomic E-state index is 12.9. The van der Waals surface area contributed by atoms with Gasteiger partial charge in [0.15, 0.2) is 6.10 Å². The minimum absolute atomic E-state index is 0.0480. The number of alkyl halides is 3. The predicted molar refractivity (Wildman–Crippen MR) is 60.2 cm³/mol. The molecule has 108 valence electrons. The molecule has 0 fully saturated rings. The van der Waals surface area contributed by atoms with Gasteiger partial charge >= 0.3 is 6.18 Å². The van der Waals surface area contributed by atoms with Gasteiger partial charge in [-0.25, -0.2) is 4.39 Å². The van der Waals surface area contributed by atoms with Crippen LogP contribution in [0.25, 0.3) is 11.4 Å². The highest BCUT2D eigenvalue weighted by Gasteiger charge is 2.39. The Morgan fingerprint density at radius 3 is 2.65 bits per heavy atom. The second-order valence-corrected chi connectivity index (χ2v) is 4.23. The van der Waals surface area contributed by atoms with Gasteiger partial charge in [0.1, 0.15) is 5.82 Å². The second-order valence-electron chi connectivity index (χ2n) is 4.23. The summed E-state index contributed by atoms with van der Waals surface area (Å²) in [4.78, 5) is 3.76. The zero-order chi connectivity index (χ0) is 14.9. The molecule has 0 aliphatic carbocycles. The number of rotatable bonds is 3. The fourth-order valence-corrected chi connectivity index (χ4v) is 1.61. The summed E-state index contributed by atoms with van der Waals surface area (Å²) in [5.74, 6) is -0.733. The second kappa shape index (κ2) is 5.20. The van der Waals surface area contributed by atoms with Crippen LogP contribution < -0.4 is 0 Å². The molecule has 0 amide bonds. The topological polar surface area (TPSA) is 59.2 Å². The van der Waals surface area contributed by atoms with Crippen LogP contribution in [0.2, 0.25) is 0 Å². The Kier molecular flexibility index (Phi) is 3.76. The first-order valence-electron chi connectivity index (χ1n) is 5.61. The molecule has 1 N–H and O–H groups in total. The van der Waals surface area contributed by atoms with Crippen molar-refractivity contribution >= 4 is 0 Å². The van der Waals surface area contributed by atoms with Crippen molar-refractivity contribution in [2.75, 3.05) is 0 Å². The van der Waals surface area contributed by atoms with Gasteiger partial charge in [0.25, 0.3) is 0 Å². The highest BCUT2D eigenvalue weighted by Crippen LogP contribution is 2.25. The molecule has 1 aromatic heterocycles. The van der Waals surface area contributed by atoms with Crippen molar-refractivity contribution in [1.82, 2.24) is 10.1 Å². The summed E-state index contributed by atoms with van der Waals surface area (Å²) < 4.78 is 54.2. The van der Waals surface area contributed by atoms with Crippen molar-refractivity contribution in [3.8, 4) is 11.4 Å². The molecule has 0 saturated carbocycles. The van der Waals surface area contributed by atoms with Gasteiger partial charge in [-0.1, -0.05) is 5.16 Å². The third-order valence-electron chi connectivity index (χ3n) is 2.64. The Morgan fingerprint density at radius 2 is 2.05 bits per heavy atom. The number of nitrogens with zero attached hydrogens (tertiary/aromatic N) is 2. The summed E-state index contributed by atoms with van der Waals surface area (Å²) >= 11 is 0. The van der Waals surface area contributed by atoms with Crippen molar-refractivity contribution in [2.24, 2.45) is 0 Å². The molecular weight excluding hydrogens is 280 g/mol. The Bertz CT molecular complexity index is 610. The van der Waals surface area contributed by atoms with E-state index in [1.165, 1.54) is 18.2 Å². The standard InChI is InChI=1S/C12H10F4N2O2/c1-6-4-7(13)2-3-8(6)11-17-10(20-18-11)5-9(19)12(14,15)16/h2-4,9,19H,5H2,1H3. The Morgan fingerprint density at radius 1 is 1.35 bits per heavy atom. The zero-order valence-electron chi connectivity index (χ0n) is 10.3. The van der Waals surface area contributed by atoms with E-state index < -0.39 is 24.5 Å². The third kappa shape index (κ3) is 3.13. The van der Waals surface area contributed by atoms with Gasteiger partial charge in [0.05, 0.1) is 6.42 Å². The molecule has 0 bridgehead atoms. The van der Waals surface area contributed by atoms with Gasteiger partial charge in [-0.05, 0) is 30.7 Å². The van der Waals surface area contributed by atoms with E-state index in [9.17, 15) is 17.6 Å². The van der Waals surface area contributed by atoms with Crippen LogP contribution in [0.4, 0.5) is 17.6 Å². The number of aliphatic hydroxyl groups excluding tert-OH is 1. The van der Waals surface area contributed by atoms with Crippen LogP contribution in [-0.4, -0.2) is 27.5 Å². The van der Waals surface area contributed by atoms with E-state index in [2.05, 4.69) is 14.7 Å². The Balaban J connectivity index is 2.21. The fraction of sp³-hybridized carbons (Fsp3) is 0.333. The first kappa shape index (κ1) is 14.4. The SMILES string of the molecule is Cc1cc(F)ccc1-c1noc(CC(O)C(F)(F)F)n1. The quantitative estimate of drug-likeness (QED) is 0.883. The summed E-state index contributed by atoms with van der Waals surface area (Å²) in [6.07, 6.45) is -8.14. The smallest absolute Gasteiger partial charge is 0.383 e. The van der Waals surface area contributed by atoms with E-state index in [0.29, 0.717) is 11.1 Å². The number of aliphatic hydroxyl groups is 1. The van der Waals surface area contributed by atoms with Gasteiger partial charge in [0, 0.05) is 5.56 Å². The number of benzene rings is 1. The van der Waals surface area contributed by atoms with E-state index >= 15 is 0 Å². The molecule has 20 heavy (non-hydrogen) atoms. The van der Waals surface area contributed by atoms with Crippen LogP contribution in [0.15, 0.2) is 22.7 Å². The fourth-order valence-electron chi connectivity index (χ4n) is 1.61. The molecule has 2 aromatic rings. The number of halogens is 4. The number of hydrogen-bond acceptors (Lipinski definition) is 4. The zero-order valence-corrected chi connectivity index (χ0v) is 10.3. The lowest BCUT2D eigenvalue weighted by atomic mass is 10.1. The van der Waals surface area contributed by atoms with E-state index in [-0.39, 0.29) is 11.7 Å². The molecule has 1 heterocycles. The van der Waals surface area contributed by atoms with Gasteiger partial charge in [0.2, 0.25) is 11.7 Å². The summed E-state index contributed by atoms with van der Waals surface area (Å²) in [6.45, 7) is 1.61. The van der Waals surface area contributed by atoms with Crippen molar-refractivity contribution < 1.29 is 27.2 Å². The van der Waals surface area contributed by atoms with Gasteiger partial charge in [-0.15, -0.1) is 0 Å². The first-order chi connectivity index (χ1) is 9.27. The molecule has 0 spiro atoms. The summed E-state index contributed by atoms with van der Waals surface area (Å²) in [5.41, 5.74) is 0.969. The van der Waals surface area contributed by atoms with Gasteiger partial charge < -0.3 is 9.63 Å². The van der Waals surface area contributed by atoms with Gasteiger partial charge in [-0.2, -0.15) is 18.2 Å². The average Bonchev–Trinajstić information content (AvgIpc) is 2.76. The van der Waals surface area contributed by atoms with Crippen LogP contribution in [0, 0.1) is 12.7 Å². The average molecular weight is 290 g/mol. The monoisotopic (exact) mass is 290 g/mol. The lowest BCUT2D eigenvalue weighted by molar-refractivity contribution is -0.204. The van der Waals surface area contributed by atoms with E-state index in [4.69, 9.17) is 5.11 Å². The normalized spacial score (nSPS) is 13.5. The molecule has 1 aromatic carbocycles. The van der Waals surface area contributed by atoms with Crippen LogP contribution >= 0.6 is 0 Å². The van der Waals surface area contributed by atoms with E-state index in [1.807, 2.05) is 0 Å². The summed E-state index contributed by atoms with van der Waals surface area (Å²) in [7, 11) is 0. The molecule has 0 radical (unpaired) electrons. The molecule has 0 saturated heterocycles. The van der Waals surface area contributed by atoms with Crippen LogP contribution in [0.3, 0.4) is 0 Å². The minimum atomic E-state index is -4.75. The predicted octanol–water partition coefficient (Wildman–Crippen LogP) is 2.65. The Hall–Kier alpha value is -1.96. The molecule has 8 heteroatoms. The molecular formula is C12H10F4N2O2. The molecule has 0 aliphatic heterocycles. The number of hydrogen-bond donors (Lipinski definition) is 1. The lowest BCUT2D eigenvalue weighted by Gasteiger charge is -2.11. The lowest BCUT2D eigenvalue weighted by Crippen LogP contribution is -2.30. The number of aromatic nitrogens is 2. The van der Waals surface area contributed by atoms with E-state index in [1.54, 1.807) is 6.92 Å². The van der Waals surface area contributed by atoms with Crippen molar-refractivity contribution in [1.29, 1.82) is 0 Å². The molecule has 2 rings (SSSR count). The highest BCUT2D eigenvalue weighted by molar-refractivity contribution is 5.59. The maximum Gasteiger partial charge on any atom is 0.414 e. The van der Waals surface area contributed by atoms with E-state index in [0.717, 1.165) is 0 Å². The largest absolute Gasteiger partial charge is 0.414 e. The number of aryl methyl sites for hydroxylation is 1. The molecule has 4 nitrogen and oxygen atoms in total. The van der Waals surface area contributed by atoms with Gasteiger partial charge in [-0.3, -0.25) is 0 Å². The molecule has 1 atom stereocenters.